The number of hydrogen-bond donors (Lipinski definition) is 2. The first-order valence-corrected chi connectivity index (χ1v) is 6.64. The molecule has 1 aliphatic heterocycles. The highest BCUT2D eigenvalue weighted by Gasteiger charge is 2.32. The van der Waals surface area contributed by atoms with Crippen LogP contribution in [0.25, 0.3) is 10.9 Å². The number of carboxylic acids is 1. The molecule has 1 fully saturated rings. The van der Waals surface area contributed by atoms with Crippen molar-refractivity contribution in [1.82, 2.24) is 9.97 Å². The van der Waals surface area contributed by atoms with Gasteiger partial charge in [0.1, 0.15) is 11.9 Å². The Labute approximate surface area is 116 Å². The summed E-state index contributed by atoms with van der Waals surface area (Å²) in [6, 6.07) is 7.18. The summed E-state index contributed by atoms with van der Waals surface area (Å²) >= 11 is 0. The van der Waals surface area contributed by atoms with Crippen LogP contribution in [-0.2, 0) is 4.79 Å². The second kappa shape index (κ2) is 4.96. The van der Waals surface area contributed by atoms with Crippen LogP contribution < -0.4 is 10.2 Å². The fourth-order valence-corrected chi connectivity index (χ4v) is 2.65. The van der Waals surface area contributed by atoms with Crippen LogP contribution in [0.5, 0.6) is 0 Å². The van der Waals surface area contributed by atoms with Gasteiger partial charge in [-0.25, -0.2) is 9.78 Å². The van der Waals surface area contributed by atoms with Crippen LogP contribution in [0.3, 0.4) is 0 Å². The Morgan fingerprint density at radius 3 is 2.95 bits per heavy atom. The SMILES string of the molecule is CNc1nc(N2CCC[C@H]2C(=O)O)nc2ccccc12. The molecule has 2 aromatic rings. The Morgan fingerprint density at radius 2 is 2.20 bits per heavy atom. The monoisotopic (exact) mass is 272 g/mol. The van der Waals surface area contributed by atoms with Gasteiger partial charge in [0.25, 0.3) is 0 Å². The van der Waals surface area contributed by atoms with Crippen molar-refractivity contribution in [1.29, 1.82) is 0 Å². The lowest BCUT2D eigenvalue weighted by Crippen LogP contribution is -2.37. The van der Waals surface area contributed by atoms with E-state index >= 15 is 0 Å². The predicted octanol–water partition coefficient (Wildman–Crippen LogP) is 1.72. The van der Waals surface area contributed by atoms with E-state index in [1.807, 2.05) is 24.3 Å². The molecule has 3 rings (SSSR count). The van der Waals surface area contributed by atoms with Crippen LogP contribution in [0.15, 0.2) is 24.3 Å². The van der Waals surface area contributed by atoms with Gasteiger partial charge in [0.2, 0.25) is 5.95 Å². The molecule has 0 spiro atoms. The summed E-state index contributed by atoms with van der Waals surface area (Å²) in [6.45, 7) is 0.679. The van der Waals surface area contributed by atoms with Crippen LogP contribution in [-0.4, -0.2) is 40.7 Å². The van der Waals surface area contributed by atoms with Crippen molar-refractivity contribution in [3.63, 3.8) is 0 Å². The topological polar surface area (TPSA) is 78.4 Å². The molecule has 0 aliphatic carbocycles. The zero-order valence-corrected chi connectivity index (χ0v) is 11.2. The van der Waals surface area contributed by atoms with E-state index in [0.717, 1.165) is 23.1 Å². The van der Waals surface area contributed by atoms with Crippen LogP contribution in [0, 0.1) is 0 Å². The molecule has 1 aliphatic rings. The van der Waals surface area contributed by atoms with E-state index in [2.05, 4.69) is 15.3 Å². The van der Waals surface area contributed by atoms with Crippen molar-refractivity contribution in [2.24, 2.45) is 0 Å². The van der Waals surface area contributed by atoms with Crippen molar-refractivity contribution in [2.75, 3.05) is 23.8 Å². The third-order valence-corrected chi connectivity index (χ3v) is 3.62. The average Bonchev–Trinajstić information content (AvgIpc) is 2.95. The van der Waals surface area contributed by atoms with Gasteiger partial charge < -0.3 is 15.3 Å². The Bertz CT molecular complexity index is 659. The molecular weight excluding hydrogens is 256 g/mol. The Morgan fingerprint density at radius 1 is 1.40 bits per heavy atom. The van der Waals surface area contributed by atoms with E-state index in [1.165, 1.54) is 0 Å². The number of carbonyl (C=O) groups is 1. The second-order valence-electron chi connectivity index (χ2n) is 4.83. The van der Waals surface area contributed by atoms with Crippen molar-refractivity contribution in [3.8, 4) is 0 Å². The molecule has 0 saturated carbocycles. The van der Waals surface area contributed by atoms with E-state index in [9.17, 15) is 9.90 Å². The molecule has 1 aromatic heterocycles. The summed E-state index contributed by atoms with van der Waals surface area (Å²) in [7, 11) is 1.80. The molecule has 0 amide bonds. The van der Waals surface area contributed by atoms with E-state index in [1.54, 1.807) is 11.9 Å². The standard InChI is InChI=1S/C14H16N4O2/c1-15-12-9-5-2-3-6-10(9)16-14(17-12)18-8-4-7-11(18)13(19)20/h2-3,5-6,11H,4,7-8H2,1H3,(H,19,20)(H,15,16,17)/t11-/m0/s1. The molecule has 20 heavy (non-hydrogen) atoms. The summed E-state index contributed by atoms with van der Waals surface area (Å²) in [5.74, 6) is 0.393. The number of hydrogen-bond acceptors (Lipinski definition) is 5. The summed E-state index contributed by atoms with van der Waals surface area (Å²) in [4.78, 5) is 22.0. The predicted molar refractivity (Wildman–Crippen MR) is 77.1 cm³/mol. The number of fused-ring (bicyclic) bond motifs is 1. The average molecular weight is 272 g/mol. The quantitative estimate of drug-likeness (QED) is 0.886. The summed E-state index contributed by atoms with van der Waals surface area (Å²) < 4.78 is 0. The second-order valence-corrected chi connectivity index (χ2v) is 4.83. The summed E-state index contributed by atoms with van der Waals surface area (Å²) in [5.41, 5.74) is 0.817. The number of aromatic nitrogens is 2. The molecular formula is C14H16N4O2. The zero-order chi connectivity index (χ0) is 14.1. The fourth-order valence-electron chi connectivity index (χ4n) is 2.65. The van der Waals surface area contributed by atoms with E-state index in [-0.39, 0.29) is 0 Å². The first kappa shape index (κ1) is 12.7. The van der Waals surface area contributed by atoms with Crippen molar-refractivity contribution >= 4 is 28.6 Å². The lowest BCUT2D eigenvalue weighted by Gasteiger charge is -2.22. The first-order chi connectivity index (χ1) is 9.70. The third kappa shape index (κ3) is 2.03. The van der Waals surface area contributed by atoms with Crippen LogP contribution in [0.2, 0.25) is 0 Å². The normalized spacial score (nSPS) is 18.4. The van der Waals surface area contributed by atoms with Crippen LogP contribution in [0.4, 0.5) is 11.8 Å². The maximum absolute atomic E-state index is 11.3. The van der Waals surface area contributed by atoms with Crippen molar-refractivity contribution in [3.05, 3.63) is 24.3 Å². The molecule has 1 atom stereocenters. The molecule has 1 aromatic carbocycles. The maximum Gasteiger partial charge on any atom is 0.326 e. The molecule has 1 saturated heterocycles. The largest absolute Gasteiger partial charge is 0.480 e. The third-order valence-electron chi connectivity index (χ3n) is 3.62. The molecule has 0 unspecified atom stereocenters. The van der Waals surface area contributed by atoms with Gasteiger partial charge in [-0.3, -0.25) is 0 Å². The number of carboxylic acid groups (broad SMARTS) is 1. The number of aliphatic carboxylic acids is 1. The lowest BCUT2D eigenvalue weighted by atomic mass is 10.2. The summed E-state index contributed by atoms with van der Waals surface area (Å²) in [5, 5.41) is 13.3. The molecule has 6 nitrogen and oxygen atoms in total. The number of para-hydroxylation sites is 1. The molecule has 0 radical (unpaired) electrons. The highest BCUT2D eigenvalue weighted by molar-refractivity contribution is 5.90. The molecule has 2 N–H and O–H groups in total. The number of benzene rings is 1. The molecule has 0 bridgehead atoms. The fraction of sp³-hybridized carbons (Fsp3) is 0.357. The molecule has 2 heterocycles. The van der Waals surface area contributed by atoms with Gasteiger partial charge >= 0.3 is 5.97 Å². The zero-order valence-electron chi connectivity index (χ0n) is 11.2. The van der Waals surface area contributed by atoms with Gasteiger partial charge in [-0.15, -0.1) is 0 Å². The molecule has 6 heteroatoms. The first-order valence-electron chi connectivity index (χ1n) is 6.64. The minimum Gasteiger partial charge on any atom is -0.480 e. The van der Waals surface area contributed by atoms with Gasteiger partial charge in [-0.2, -0.15) is 4.98 Å². The van der Waals surface area contributed by atoms with Gasteiger partial charge in [-0.1, -0.05) is 12.1 Å². The minimum absolute atomic E-state index is 0.484. The highest BCUT2D eigenvalue weighted by Crippen LogP contribution is 2.27. The lowest BCUT2D eigenvalue weighted by molar-refractivity contribution is -0.138. The van der Waals surface area contributed by atoms with Gasteiger partial charge in [-0.05, 0) is 25.0 Å². The van der Waals surface area contributed by atoms with Gasteiger partial charge in [0, 0.05) is 19.0 Å². The Balaban J connectivity index is 2.10. The van der Waals surface area contributed by atoms with Crippen molar-refractivity contribution < 1.29 is 9.90 Å². The highest BCUT2D eigenvalue weighted by atomic mass is 16.4. The Kier molecular flexibility index (Phi) is 3.14. The smallest absolute Gasteiger partial charge is 0.326 e. The summed E-state index contributed by atoms with van der Waals surface area (Å²) in [6.07, 6.45) is 1.49. The maximum atomic E-state index is 11.3. The number of anilines is 2. The minimum atomic E-state index is -0.815. The van der Waals surface area contributed by atoms with E-state index in [0.29, 0.717) is 18.9 Å². The van der Waals surface area contributed by atoms with Crippen LogP contribution in [0.1, 0.15) is 12.8 Å². The number of nitrogens with zero attached hydrogens (tertiary/aromatic N) is 3. The van der Waals surface area contributed by atoms with Crippen LogP contribution >= 0.6 is 0 Å². The Hall–Kier alpha value is -2.37. The number of nitrogens with one attached hydrogen (secondary N) is 1. The van der Waals surface area contributed by atoms with E-state index in [4.69, 9.17) is 0 Å². The molecule has 104 valence electrons. The van der Waals surface area contributed by atoms with Gasteiger partial charge in [0.05, 0.1) is 5.52 Å². The van der Waals surface area contributed by atoms with E-state index < -0.39 is 12.0 Å². The van der Waals surface area contributed by atoms with Crippen molar-refractivity contribution in [2.45, 2.75) is 18.9 Å². The number of rotatable bonds is 3. The van der Waals surface area contributed by atoms with Gasteiger partial charge in [0.15, 0.2) is 0 Å².